The molecule has 1 saturated carbocycles. The van der Waals surface area contributed by atoms with E-state index >= 15 is 0 Å². The molecule has 27 heavy (non-hydrogen) atoms. The third kappa shape index (κ3) is 3.87. The molecule has 0 bridgehead atoms. The zero-order chi connectivity index (χ0) is 18.8. The molecule has 1 aliphatic rings. The number of tetrazole rings is 1. The Morgan fingerprint density at radius 3 is 2.70 bits per heavy atom. The first-order valence-corrected chi connectivity index (χ1v) is 8.85. The van der Waals surface area contributed by atoms with Gasteiger partial charge < -0.3 is 10.4 Å². The summed E-state index contributed by atoms with van der Waals surface area (Å²) in [5, 5.41) is 28.0. The van der Waals surface area contributed by atoms with Gasteiger partial charge in [-0.25, -0.2) is 4.68 Å². The van der Waals surface area contributed by atoms with Crippen LogP contribution < -0.4 is 5.32 Å². The number of amides is 1. The van der Waals surface area contributed by atoms with Crippen LogP contribution in [-0.2, 0) is 13.6 Å². The normalized spacial score (nSPS) is 20.1. The standard InChI is InChI=1S/C18H21N7O2/c1-24-10-15(8-20-24)17(14-6-16(26)7-14)21-18(27)13-4-2-12(3-5-13)9-25-11-19-22-23-25/h2-5,8,10-11,14,16-17,26H,6-7,9H2,1H3,(H,21,27). The Morgan fingerprint density at radius 1 is 1.33 bits per heavy atom. The summed E-state index contributed by atoms with van der Waals surface area (Å²) in [6, 6.07) is 7.22. The van der Waals surface area contributed by atoms with Crippen LogP contribution in [0.15, 0.2) is 43.0 Å². The molecule has 9 nitrogen and oxygen atoms in total. The zero-order valence-corrected chi connectivity index (χ0v) is 14.9. The van der Waals surface area contributed by atoms with E-state index in [1.807, 2.05) is 25.4 Å². The van der Waals surface area contributed by atoms with E-state index in [1.165, 1.54) is 0 Å². The van der Waals surface area contributed by atoms with Crippen LogP contribution in [0.1, 0.15) is 40.4 Å². The van der Waals surface area contributed by atoms with E-state index in [9.17, 15) is 9.90 Å². The van der Waals surface area contributed by atoms with Crippen LogP contribution in [0.3, 0.4) is 0 Å². The monoisotopic (exact) mass is 367 g/mol. The fraction of sp³-hybridized carbons (Fsp3) is 0.389. The first kappa shape index (κ1) is 17.3. The van der Waals surface area contributed by atoms with Gasteiger partial charge in [-0.2, -0.15) is 5.10 Å². The lowest BCUT2D eigenvalue weighted by atomic mass is 9.75. The summed E-state index contributed by atoms with van der Waals surface area (Å²) in [4.78, 5) is 12.8. The molecule has 0 radical (unpaired) electrons. The van der Waals surface area contributed by atoms with E-state index < -0.39 is 0 Å². The molecular weight excluding hydrogens is 346 g/mol. The smallest absolute Gasteiger partial charge is 0.251 e. The van der Waals surface area contributed by atoms with Gasteiger partial charge in [0, 0.05) is 24.4 Å². The molecule has 9 heteroatoms. The van der Waals surface area contributed by atoms with Crippen LogP contribution in [0.25, 0.3) is 0 Å². The maximum absolute atomic E-state index is 12.8. The number of nitrogens with one attached hydrogen (secondary N) is 1. The highest BCUT2D eigenvalue weighted by Gasteiger charge is 2.36. The van der Waals surface area contributed by atoms with Crippen LogP contribution >= 0.6 is 0 Å². The Bertz CT molecular complexity index is 898. The summed E-state index contributed by atoms with van der Waals surface area (Å²) in [5.41, 5.74) is 2.55. The van der Waals surface area contributed by atoms with Crippen LogP contribution in [0.5, 0.6) is 0 Å². The molecule has 0 spiro atoms. The van der Waals surface area contributed by atoms with Crippen molar-refractivity contribution >= 4 is 5.91 Å². The Labute approximate surface area is 156 Å². The van der Waals surface area contributed by atoms with Gasteiger partial charge in [0.05, 0.1) is 24.9 Å². The number of aryl methyl sites for hydroxylation is 1. The number of nitrogens with zero attached hydrogens (tertiary/aromatic N) is 6. The predicted molar refractivity (Wildman–Crippen MR) is 95.5 cm³/mol. The van der Waals surface area contributed by atoms with Gasteiger partial charge in [-0.15, -0.1) is 5.10 Å². The highest BCUT2D eigenvalue weighted by atomic mass is 16.3. The highest BCUT2D eigenvalue weighted by Crippen LogP contribution is 2.38. The fourth-order valence-corrected chi connectivity index (χ4v) is 3.40. The second-order valence-electron chi connectivity index (χ2n) is 6.99. The van der Waals surface area contributed by atoms with E-state index in [0.717, 1.165) is 11.1 Å². The summed E-state index contributed by atoms with van der Waals surface area (Å²) in [5.74, 6) is 0.0754. The number of benzene rings is 1. The Hall–Kier alpha value is -3.07. The third-order valence-corrected chi connectivity index (χ3v) is 4.94. The lowest BCUT2D eigenvalue weighted by Gasteiger charge is -2.37. The molecule has 1 atom stereocenters. The summed E-state index contributed by atoms with van der Waals surface area (Å²) in [7, 11) is 1.85. The first-order valence-electron chi connectivity index (χ1n) is 8.85. The average Bonchev–Trinajstić information content (AvgIpc) is 3.29. The minimum atomic E-state index is -0.281. The van der Waals surface area contributed by atoms with E-state index in [4.69, 9.17) is 0 Å². The molecule has 0 saturated heterocycles. The molecule has 2 heterocycles. The van der Waals surface area contributed by atoms with Gasteiger partial charge in [-0.05, 0) is 46.9 Å². The lowest BCUT2D eigenvalue weighted by Crippen LogP contribution is -2.41. The molecule has 2 N–H and O–H groups in total. The molecule has 2 aromatic heterocycles. The van der Waals surface area contributed by atoms with E-state index in [2.05, 4.69) is 25.9 Å². The number of aliphatic hydroxyl groups excluding tert-OH is 1. The largest absolute Gasteiger partial charge is 0.393 e. The SMILES string of the molecule is Cn1cc(C(NC(=O)c2ccc(Cn3cnnn3)cc2)C2CC(O)C2)cn1. The number of aromatic nitrogens is 6. The second kappa shape index (κ2) is 7.28. The molecule has 1 fully saturated rings. The molecule has 0 aliphatic heterocycles. The van der Waals surface area contributed by atoms with Gasteiger partial charge in [-0.3, -0.25) is 9.48 Å². The molecular formula is C18H21N7O2. The highest BCUT2D eigenvalue weighted by molar-refractivity contribution is 5.94. The molecule has 1 unspecified atom stereocenters. The number of hydrogen-bond donors (Lipinski definition) is 2. The number of hydrogen-bond acceptors (Lipinski definition) is 6. The Morgan fingerprint density at radius 2 is 2.11 bits per heavy atom. The number of aliphatic hydroxyl groups is 1. The van der Waals surface area contributed by atoms with Crippen LogP contribution in [0.4, 0.5) is 0 Å². The van der Waals surface area contributed by atoms with Crippen molar-refractivity contribution in [1.29, 1.82) is 0 Å². The number of carbonyl (C=O) groups excluding carboxylic acids is 1. The molecule has 1 aromatic carbocycles. The quantitative estimate of drug-likeness (QED) is 0.663. The molecule has 4 rings (SSSR count). The number of carbonyl (C=O) groups is 1. The van der Waals surface area contributed by atoms with Crippen molar-refractivity contribution in [3.05, 3.63) is 59.7 Å². The van der Waals surface area contributed by atoms with E-state index in [-0.39, 0.29) is 24.0 Å². The van der Waals surface area contributed by atoms with Crippen molar-refractivity contribution in [2.75, 3.05) is 0 Å². The average molecular weight is 367 g/mol. The Balaban J connectivity index is 1.45. The zero-order valence-electron chi connectivity index (χ0n) is 14.9. The second-order valence-corrected chi connectivity index (χ2v) is 6.99. The van der Waals surface area contributed by atoms with Crippen LogP contribution in [-0.4, -0.2) is 47.1 Å². The summed E-state index contributed by atoms with van der Waals surface area (Å²) in [6.07, 6.45) is 6.31. The van der Waals surface area contributed by atoms with Gasteiger partial charge in [0.2, 0.25) is 0 Å². The van der Waals surface area contributed by atoms with Gasteiger partial charge in [0.1, 0.15) is 6.33 Å². The van der Waals surface area contributed by atoms with Crippen molar-refractivity contribution < 1.29 is 9.90 Å². The summed E-state index contributed by atoms with van der Waals surface area (Å²) < 4.78 is 3.34. The topological polar surface area (TPSA) is 111 Å². The van der Waals surface area contributed by atoms with Crippen molar-refractivity contribution in [2.45, 2.75) is 31.5 Å². The summed E-state index contributed by atoms with van der Waals surface area (Å²) in [6.45, 7) is 0.549. The number of rotatable bonds is 6. The fourth-order valence-electron chi connectivity index (χ4n) is 3.40. The van der Waals surface area contributed by atoms with Crippen LogP contribution in [0.2, 0.25) is 0 Å². The van der Waals surface area contributed by atoms with Crippen molar-refractivity contribution in [1.82, 2.24) is 35.3 Å². The predicted octanol–water partition coefficient (Wildman–Crippen LogP) is 0.697. The van der Waals surface area contributed by atoms with E-state index in [0.29, 0.717) is 24.9 Å². The van der Waals surface area contributed by atoms with Gasteiger partial charge in [0.15, 0.2) is 0 Å². The van der Waals surface area contributed by atoms with Crippen LogP contribution in [0, 0.1) is 5.92 Å². The minimum Gasteiger partial charge on any atom is -0.393 e. The lowest BCUT2D eigenvalue weighted by molar-refractivity contribution is 0.0235. The maximum atomic E-state index is 12.8. The van der Waals surface area contributed by atoms with E-state index in [1.54, 1.807) is 34.0 Å². The molecule has 1 amide bonds. The summed E-state index contributed by atoms with van der Waals surface area (Å²) >= 11 is 0. The van der Waals surface area contributed by atoms with Crippen molar-refractivity contribution in [3.8, 4) is 0 Å². The van der Waals surface area contributed by atoms with Gasteiger partial charge in [-0.1, -0.05) is 12.1 Å². The maximum Gasteiger partial charge on any atom is 0.251 e. The van der Waals surface area contributed by atoms with Gasteiger partial charge >= 0.3 is 0 Å². The third-order valence-electron chi connectivity index (χ3n) is 4.94. The minimum absolute atomic E-state index is 0.140. The van der Waals surface area contributed by atoms with Crippen molar-refractivity contribution in [2.24, 2.45) is 13.0 Å². The molecule has 1 aliphatic carbocycles. The first-order chi connectivity index (χ1) is 13.1. The molecule has 3 aromatic rings. The molecule has 140 valence electrons. The van der Waals surface area contributed by atoms with Gasteiger partial charge in [0.25, 0.3) is 5.91 Å². The Kier molecular flexibility index (Phi) is 4.68. The van der Waals surface area contributed by atoms with Crippen molar-refractivity contribution in [3.63, 3.8) is 0 Å².